The molecule has 0 aromatic heterocycles. The summed E-state index contributed by atoms with van der Waals surface area (Å²) < 4.78 is 5.34. The van der Waals surface area contributed by atoms with Crippen LogP contribution in [0.4, 0.5) is 5.69 Å². The van der Waals surface area contributed by atoms with Crippen LogP contribution in [-0.4, -0.2) is 6.73 Å². The molecule has 0 saturated carbocycles. The van der Waals surface area contributed by atoms with Crippen molar-refractivity contribution < 1.29 is 4.74 Å². The molecule has 0 radical (unpaired) electrons. The molecule has 0 fully saturated rings. The highest BCUT2D eigenvalue weighted by molar-refractivity contribution is 6.30. The van der Waals surface area contributed by atoms with E-state index in [-0.39, 0.29) is 0 Å². The fourth-order valence-corrected chi connectivity index (χ4v) is 1.78. The molecule has 1 aliphatic rings. The van der Waals surface area contributed by atoms with Gasteiger partial charge in [0.25, 0.3) is 0 Å². The number of ether oxygens (including phenoxy) is 1. The van der Waals surface area contributed by atoms with Crippen LogP contribution in [0.25, 0.3) is 0 Å². The predicted octanol–water partition coefficient (Wildman–Crippen LogP) is 5.36. The van der Waals surface area contributed by atoms with Crippen LogP contribution in [0.2, 0.25) is 5.02 Å². The Morgan fingerprint density at radius 3 is 2.11 bits per heavy atom. The number of aryl methyl sites for hydroxylation is 1. The highest BCUT2D eigenvalue weighted by atomic mass is 35.5. The third kappa shape index (κ3) is 5.01. The average Bonchev–Trinajstić information content (AvgIpc) is 2.80. The lowest BCUT2D eigenvalue weighted by Gasteiger charge is -2.14. The van der Waals surface area contributed by atoms with Crippen molar-refractivity contribution in [1.29, 1.82) is 0 Å². The van der Waals surface area contributed by atoms with Crippen LogP contribution in [-0.2, 0) is 4.74 Å². The first-order valence-electron chi connectivity index (χ1n) is 6.50. The summed E-state index contributed by atoms with van der Waals surface area (Å²) in [6, 6.07) is 5.97. The van der Waals surface area contributed by atoms with Gasteiger partial charge < -0.3 is 9.64 Å². The highest BCUT2D eigenvalue weighted by Crippen LogP contribution is 2.25. The monoisotopic (exact) mass is 269 g/mol. The van der Waals surface area contributed by atoms with Gasteiger partial charge in [-0.2, -0.15) is 0 Å². The number of allylic oxidation sites excluding steroid dienone is 1. The fourth-order valence-electron chi connectivity index (χ4n) is 1.50. The van der Waals surface area contributed by atoms with Gasteiger partial charge in [-0.1, -0.05) is 39.3 Å². The minimum Gasteiger partial charge on any atom is -0.476 e. The van der Waals surface area contributed by atoms with E-state index < -0.39 is 0 Å². The molecule has 2 rings (SSSR count). The molecule has 3 heteroatoms. The van der Waals surface area contributed by atoms with E-state index in [1.54, 1.807) is 0 Å². The Balaban J connectivity index is 0.000000659. The van der Waals surface area contributed by atoms with E-state index in [9.17, 15) is 0 Å². The van der Waals surface area contributed by atoms with Crippen LogP contribution in [0.3, 0.4) is 0 Å². The first kappa shape index (κ1) is 16.9. The van der Waals surface area contributed by atoms with Gasteiger partial charge in [-0.3, -0.25) is 0 Å². The number of hydrogen-bond donors (Lipinski definition) is 0. The quantitative estimate of drug-likeness (QED) is 0.681. The van der Waals surface area contributed by atoms with Crippen molar-refractivity contribution in [1.82, 2.24) is 0 Å². The van der Waals surface area contributed by atoms with Crippen LogP contribution in [0.1, 0.15) is 40.2 Å². The van der Waals surface area contributed by atoms with Gasteiger partial charge in [-0.05, 0) is 37.6 Å². The molecule has 0 amide bonds. The second-order valence-corrected chi connectivity index (χ2v) is 3.91. The zero-order chi connectivity index (χ0) is 14.1. The van der Waals surface area contributed by atoms with Crippen LogP contribution < -0.4 is 4.90 Å². The number of nitrogens with zero attached hydrogens (tertiary/aromatic N) is 1. The summed E-state index contributed by atoms with van der Waals surface area (Å²) in [4.78, 5) is 2.04. The molecule has 0 bridgehead atoms. The van der Waals surface area contributed by atoms with Crippen molar-refractivity contribution in [3.63, 3.8) is 0 Å². The lowest BCUT2D eigenvalue weighted by molar-refractivity contribution is 0.247. The van der Waals surface area contributed by atoms with E-state index in [0.717, 1.165) is 22.0 Å². The van der Waals surface area contributed by atoms with E-state index in [4.69, 9.17) is 16.3 Å². The van der Waals surface area contributed by atoms with Crippen molar-refractivity contribution in [2.24, 2.45) is 0 Å². The first-order valence-corrected chi connectivity index (χ1v) is 6.88. The van der Waals surface area contributed by atoms with Gasteiger partial charge in [0.2, 0.25) is 0 Å². The van der Waals surface area contributed by atoms with Gasteiger partial charge in [-0.25, -0.2) is 0 Å². The van der Waals surface area contributed by atoms with Crippen LogP contribution in [0.15, 0.2) is 30.2 Å². The van der Waals surface area contributed by atoms with Crippen molar-refractivity contribution in [3.8, 4) is 0 Å². The summed E-state index contributed by atoms with van der Waals surface area (Å²) in [5.74, 6) is 0.933. The van der Waals surface area contributed by atoms with E-state index in [1.165, 1.54) is 0 Å². The van der Waals surface area contributed by atoms with Gasteiger partial charge in [0, 0.05) is 16.9 Å². The van der Waals surface area contributed by atoms with E-state index in [2.05, 4.69) is 6.07 Å². The standard InChI is InChI=1S/C11H12ClNO.2C2H6/c1-8-3-10(12)5-11(4-8)13-6-9(2)14-7-13;2*1-2/h3-6H,7H2,1-2H3;2*1-2H3. The largest absolute Gasteiger partial charge is 0.476 e. The average molecular weight is 270 g/mol. The summed E-state index contributed by atoms with van der Waals surface area (Å²) >= 11 is 5.98. The van der Waals surface area contributed by atoms with Gasteiger partial charge in [0.15, 0.2) is 6.73 Å². The molecule has 0 saturated heterocycles. The molecule has 2 nitrogen and oxygen atoms in total. The third-order valence-corrected chi connectivity index (χ3v) is 2.35. The summed E-state index contributed by atoms with van der Waals surface area (Å²) in [5.41, 5.74) is 2.23. The Labute approximate surface area is 116 Å². The Hall–Kier alpha value is -1.15. The molecule has 0 spiro atoms. The zero-order valence-corrected chi connectivity index (χ0v) is 13.0. The summed E-state index contributed by atoms with van der Waals surface area (Å²) in [6.07, 6.45) is 1.98. The molecular weight excluding hydrogens is 246 g/mol. The number of rotatable bonds is 1. The topological polar surface area (TPSA) is 12.5 Å². The van der Waals surface area contributed by atoms with Crippen molar-refractivity contribution in [2.45, 2.75) is 41.5 Å². The number of anilines is 1. The SMILES string of the molecule is CC.CC.CC1=CN(c2cc(C)cc(Cl)c2)CO1. The molecule has 18 heavy (non-hydrogen) atoms. The number of benzene rings is 1. The van der Waals surface area contributed by atoms with Gasteiger partial charge >= 0.3 is 0 Å². The van der Waals surface area contributed by atoms with Crippen LogP contribution >= 0.6 is 11.6 Å². The molecule has 1 aliphatic heterocycles. The zero-order valence-electron chi connectivity index (χ0n) is 12.2. The number of halogens is 1. The predicted molar refractivity (Wildman–Crippen MR) is 81.1 cm³/mol. The van der Waals surface area contributed by atoms with Crippen LogP contribution in [0, 0.1) is 6.92 Å². The highest BCUT2D eigenvalue weighted by Gasteiger charge is 2.12. The number of hydrogen-bond acceptors (Lipinski definition) is 2. The molecule has 1 heterocycles. The van der Waals surface area contributed by atoms with E-state index in [1.807, 2.05) is 64.8 Å². The summed E-state index contributed by atoms with van der Waals surface area (Å²) in [5, 5.41) is 0.762. The van der Waals surface area contributed by atoms with Gasteiger partial charge in [0.05, 0.1) is 0 Å². The van der Waals surface area contributed by atoms with Crippen molar-refractivity contribution in [3.05, 3.63) is 40.7 Å². The van der Waals surface area contributed by atoms with Gasteiger partial charge in [0.1, 0.15) is 5.76 Å². The lowest BCUT2D eigenvalue weighted by Crippen LogP contribution is -2.12. The van der Waals surface area contributed by atoms with Crippen LogP contribution in [0.5, 0.6) is 0 Å². The first-order chi connectivity index (χ1) is 8.65. The second-order valence-electron chi connectivity index (χ2n) is 3.47. The Bertz CT molecular complexity index is 368. The molecule has 1 aromatic carbocycles. The second kappa shape index (κ2) is 8.87. The molecule has 0 unspecified atom stereocenters. The smallest absolute Gasteiger partial charge is 0.164 e. The maximum atomic E-state index is 5.98. The maximum Gasteiger partial charge on any atom is 0.164 e. The minimum atomic E-state index is 0.575. The Morgan fingerprint density at radius 2 is 1.67 bits per heavy atom. The molecule has 1 aromatic rings. The van der Waals surface area contributed by atoms with Crippen molar-refractivity contribution >= 4 is 17.3 Å². The summed E-state index contributed by atoms with van der Waals surface area (Å²) in [6.45, 7) is 12.5. The molecular formula is C15H24ClNO. The Kier molecular flexibility index (Phi) is 8.30. The minimum absolute atomic E-state index is 0.575. The maximum absolute atomic E-state index is 5.98. The van der Waals surface area contributed by atoms with E-state index >= 15 is 0 Å². The van der Waals surface area contributed by atoms with E-state index in [0.29, 0.717) is 6.73 Å². The Morgan fingerprint density at radius 1 is 1.06 bits per heavy atom. The summed E-state index contributed by atoms with van der Waals surface area (Å²) in [7, 11) is 0. The molecule has 102 valence electrons. The lowest BCUT2D eigenvalue weighted by atomic mass is 10.2. The molecule has 0 atom stereocenters. The van der Waals surface area contributed by atoms with Gasteiger partial charge in [-0.15, -0.1) is 0 Å². The third-order valence-electron chi connectivity index (χ3n) is 2.13. The van der Waals surface area contributed by atoms with Crippen molar-refractivity contribution in [2.75, 3.05) is 11.6 Å². The molecule has 0 aliphatic carbocycles. The molecule has 0 N–H and O–H groups in total. The normalized spacial score (nSPS) is 12.6. The fraction of sp³-hybridized carbons (Fsp3) is 0.467.